The van der Waals surface area contributed by atoms with E-state index in [-0.39, 0.29) is 0 Å². The number of hydrogen-bond donors (Lipinski definition) is 1. The van der Waals surface area contributed by atoms with Gasteiger partial charge in [0.1, 0.15) is 11.5 Å². The molecule has 1 heterocycles. The van der Waals surface area contributed by atoms with Gasteiger partial charge in [-0.25, -0.2) is 0 Å². The van der Waals surface area contributed by atoms with E-state index in [2.05, 4.69) is 17.2 Å². The molecule has 1 unspecified atom stereocenters. The van der Waals surface area contributed by atoms with Crippen LogP contribution in [-0.2, 0) is 0 Å². The average molecular weight is 294 g/mol. The van der Waals surface area contributed by atoms with Crippen molar-refractivity contribution in [2.24, 2.45) is 4.99 Å². The first-order valence-electron chi connectivity index (χ1n) is 7.14. The van der Waals surface area contributed by atoms with Crippen LogP contribution in [0.5, 0.6) is 11.5 Å². The fraction of sp³-hybridized carbons (Fsp3) is 0.533. The Labute approximate surface area is 125 Å². The lowest BCUT2D eigenvalue weighted by atomic mass is 10.2. The number of hydrogen-bond acceptors (Lipinski definition) is 5. The Morgan fingerprint density at radius 1 is 1.25 bits per heavy atom. The second kappa shape index (κ2) is 7.43. The van der Waals surface area contributed by atoms with Crippen LogP contribution in [0.2, 0.25) is 0 Å². The fourth-order valence-electron chi connectivity index (χ4n) is 1.96. The number of benzene rings is 1. The summed E-state index contributed by atoms with van der Waals surface area (Å²) in [5, 5.41) is 4.92. The van der Waals surface area contributed by atoms with E-state index < -0.39 is 0 Å². The maximum atomic E-state index is 5.65. The van der Waals surface area contributed by atoms with Crippen molar-refractivity contribution in [2.75, 3.05) is 25.1 Å². The predicted molar refractivity (Wildman–Crippen MR) is 86.4 cm³/mol. The van der Waals surface area contributed by atoms with Gasteiger partial charge in [-0.2, -0.15) is 0 Å². The number of rotatable bonds is 6. The molecule has 0 bridgehead atoms. The first kappa shape index (κ1) is 15.0. The number of nitrogens with zero attached hydrogens (tertiary/aromatic N) is 1. The van der Waals surface area contributed by atoms with E-state index in [1.807, 2.05) is 32.0 Å². The van der Waals surface area contributed by atoms with E-state index in [1.165, 1.54) is 0 Å². The number of ether oxygens (including phenoxy) is 2. The van der Waals surface area contributed by atoms with Crippen LogP contribution in [0.1, 0.15) is 27.2 Å². The number of anilines is 1. The quantitative estimate of drug-likeness (QED) is 0.867. The summed E-state index contributed by atoms with van der Waals surface area (Å²) < 4.78 is 11.2. The third kappa shape index (κ3) is 3.82. The van der Waals surface area contributed by atoms with Crippen molar-refractivity contribution in [1.29, 1.82) is 0 Å². The van der Waals surface area contributed by atoms with Crippen molar-refractivity contribution in [3.05, 3.63) is 18.2 Å². The second-order valence-corrected chi connectivity index (χ2v) is 5.73. The molecule has 1 aromatic rings. The van der Waals surface area contributed by atoms with Crippen LogP contribution in [0.4, 0.5) is 5.69 Å². The van der Waals surface area contributed by atoms with E-state index >= 15 is 0 Å². The minimum atomic E-state index is 0.586. The number of thioether (sulfide) groups is 1. The molecular weight excluding hydrogens is 272 g/mol. The molecule has 110 valence electrons. The summed E-state index contributed by atoms with van der Waals surface area (Å²) in [7, 11) is 0. The summed E-state index contributed by atoms with van der Waals surface area (Å²) in [6.07, 6.45) is 1.14. The lowest BCUT2D eigenvalue weighted by molar-refractivity contribution is 0.332. The summed E-state index contributed by atoms with van der Waals surface area (Å²) >= 11 is 1.79. The van der Waals surface area contributed by atoms with Gasteiger partial charge in [0.15, 0.2) is 5.17 Å². The van der Waals surface area contributed by atoms with E-state index in [4.69, 9.17) is 9.47 Å². The Kier molecular flexibility index (Phi) is 5.59. The van der Waals surface area contributed by atoms with Crippen molar-refractivity contribution in [2.45, 2.75) is 32.4 Å². The predicted octanol–water partition coefficient (Wildman–Crippen LogP) is 3.78. The minimum Gasteiger partial charge on any atom is -0.494 e. The lowest BCUT2D eigenvalue weighted by Crippen LogP contribution is -2.09. The molecule has 0 fully saturated rings. The largest absolute Gasteiger partial charge is 0.494 e. The number of amidine groups is 1. The molecule has 20 heavy (non-hydrogen) atoms. The summed E-state index contributed by atoms with van der Waals surface area (Å²) in [5.41, 5.74) is 0.917. The first-order valence-corrected chi connectivity index (χ1v) is 8.02. The Bertz CT molecular complexity index is 477. The molecule has 0 aromatic heterocycles. The highest BCUT2D eigenvalue weighted by molar-refractivity contribution is 8.15. The van der Waals surface area contributed by atoms with Gasteiger partial charge in [0.2, 0.25) is 0 Å². The molecule has 4 nitrogen and oxygen atoms in total. The summed E-state index contributed by atoms with van der Waals surface area (Å²) in [4.78, 5) is 4.53. The molecule has 0 aliphatic carbocycles. The third-order valence-corrected chi connectivity index (χ3v) is 4.25. The highest BCUT2D eigenvalue weighted by Crippen LogP contribution is 2.32. The van der Waals surface area contributed by atoms with Crippen molar-refractivity contribution in [3.8, 4) is 11.5 Å². The van der Waals surface area contributed by atoms with E-state index in [9.17, 15) is 0 Å². The lowest BCUT2D eigenvalue weighted by Gasteiger charge is -2.14. The Balaban J connectivity index is 2.13. The summed E-state index contributed by atoms with van der Waals surface area (Å²) in [5.74, 6) is 1.67. The molecule has 0 spiro atoms. The monoisotopic (exact) mass is 294 g/mol. The van der Waals surface area contributed by atoms with E-state index in [1.54, 1.807) is 11.8 Å². The molecule has 1 aromatic carbocycles. The van der Waals surface area contributed by atoms with Crippen molar-refractivity contribution in [3.63, 3.8) is 0 Å². The van der Waals surface area contributed by atoms with Crippen LogP contribution in [0.25, 0.3) is 0 Å². The SMILES string of the molecule is CCOc1ccc(OCC)c(NC2=NCC(CC)S2)c1. The second-order valence-electron chi connectivity index (χ2n) is 4.44. The molecule has 2 rings (SSSR count). The van der Waals surface area contributed by atoms with Crippen LogP contribution in [-0.4, -0.2) is 30.2 Å². The molecule has 0 radical (unpaired) electrons. The summed E-state index contributed by atoms with van der Waals surface area (Å²) in [6.45, 7) is 8.33. The molecule has 0 saturated carbocycles. The molecule has 0 amide bonds. The molecule has 1 atom stereocenters. The number of aliphatic imine (C=N–C) groups is 1. The van der Waals surface area contributed by atoms with Crippen molar-refractivity contribution >= 4 is 22.6 Å². The number of nitrogens with one attached hydrogen (secondary N) is 1. The van der Waals surface area contributed by atoms with Gasteiger partial charge < -0.3 is 14.8 Å². The first-order chi connectivity index (χ1) is 9.76. The van der Waals surface area contributed by atoms with Gasteiger partial charge >= 0.3 is 0 Å². The molecule has 1 aliphatic heterocycles. The smallest absolute Gasteiger partial charge is 0.161 e. The van der Waals surface area contributed by atoms with Gasteiger partial charge in [0, 0.05) is 11.3 Å². The Morgan fingerprint density at radius 2 is 2.05 bits per heavy atom. The van der Waals surface area contributed by atoms with Crippen LogP contribution in [0, 0.1) is 0 Å². The van der Waals surface area contributed by atoms with Gasteiger partial charge in [-0.3, -0.25) is 4.99 Å². The highest BCUT2D eigenvalue weighted by atomic mass is 32.2. The standard InChI is InChI=1S/C15H22N2O2S/c1-4-12-10-16-15(20-12)17-13-9-11(18-5-2)7-8-14(13)19-6-3/h7-9,12H,4-6,10H2,1-3H3,(H,16,17). The Morgan fingerprint density at radius 3 is 2.70 bits per heavy atom. The maximum absolute atomic E-state index is 5.65. The van der Waals surface area contributed by atoms with Crippen LogP contribution < -0.4 is 14.8 Å². The molecule has 1 N–H and O–H groups in total. The minimum absolute atomic E-state index is 0.586. The van der Waals surface area contributed by atoms with Gasteiger partial charge in [0.25, 0.3) is 0 Å². The zero-order valence-corrected chi connectivity index (χ0v) is 13.1. The van der Waals surface area contributed by atoms with Gasteiger partial charge in [0.05, 0.1) is 25.4 Å². The maximum Gasteiger partial charge on any atom is 0.161 e. The topological polar surface area (TPSA) is 42.9 Å². The Hall–Kier alpha value is -1.36. The fourth-order valence-corrected chi connectivity index (χ4v) is 2.91. The summed E-state index contributed by atoms with van der Waals surface area (Å²) in [6, 6.07) is 5.84. The van der Waals surface area contributed by atoms with Crippen LogP contribution >= 0.6 is 11.8 Å². The van der Waals surface area contributed by atoms with Gasteiger partial charge in [-0.05, 0) is 32.4 Å². The molecule has 0 saturated heterocycles. The third-order valence-electron chi connectivity index (χ3n) is 2.98. The van der Waals surface area contributed by atoms with Crippen LogP contribution in [0.3, 0.4) is 0 Å². The zero-order chi connectivity index (χ0) is 14.4. The van der Waals surface area contributed by atoms with E-state index in [0.717, 1.165) is 35.3 Å². The molecular formula is C15H22N2O2S. The normalized spacial score (nSPS) is 17.8. The van der Waals surface area contributed by atoms with E-state index in [0.29, 0.717) is 18.5 Å². The van der Waals surface area contributed by atoms with Gasteiger partial charge in [-0.1, -0.05) is 18.7 Å². The van der Waals surface area contributed by atoms with Crippen molar-refractivity contribution < 1.29 is 9.47 Å². The highest BCUT2D eigenvalue weighted by Gasteiger charge is 2.19. The zero-order valence-electron chi connectivity index (χ0n) is 12.3. The molecule has 5 heteroatoms. The average Bonchev–Trinajstić information content (AvgIpc) is 2.90. The van der Waals surface area contributed by atoms with Crippen molar-refractivity contribution in [1.82, 2.24) is 0 Å². The van der Waals surface area contributed by atoms with Gasteiger partial charge in [-0.15, -0.1) is 0 Å². The van der Waals surface area contributed by atoms with Crippen LogP contribution in [0.15, 0.2) is 23.2 Å². The molecule has 1 aliphatic rings.